The Hall–Kier alpha value is -4.98. The van der Waals surface area contributed by atoms with Crippen LogP contribution in [0.3, 0.4) is 0 Å². The standard InChI is InChI=1S/C61H80O7/c1-57(2,3)47-27-37-22-38-28-48(58(4,5)6)30-40(53(38)63)24-44-34-51(61(13,14)15)36-46-26-42-32-49(59(7,8)9)31-41(54(42)64)25-45-35-50(60(10,11)12)33-43(23-39(29-47)52(37)62)55(45)67-20-18-65-16-17-66-19-21-68-56(44)46/h27-36,62-64H,16-26H2,1-15H3. The highest BCUT2D eigenvalue weighted by atomic mass is 16.6. The third kappa shape index (κ3) is 11.5. The Bertz CT molecular complexity index is 2480. The predicted molar refractivity (Wildman–Crippen MR) is 277 cm³/mol. The molecule has 0 saturated carbocycles. The van der Waals surface area contributed by atoms with Crippen LogP contribution in [0.15, 0.2) is 60.7 Å². The molecule has 0 saturated heterocycles. The van der Waals surface area contributed by atoms with Gasteiger partial charge in [0.2, 0.25) is 0 Å². The second-order valence-corrected chi connectivity index (χ2v) is 24.7. The normalized spacial score (nSPS) is 15.8. The van der Waals surface area contributed by atoms with E-state index >= 15 is 0 Å². The molecule has 366 valence electrons. The molecule has 12 bridgehead atoms. The van der Waals surface area contributed by atoms with Gasteiger partial charge in [0.25, 0.3) is 0 Å². The summed E-state index contributed by atoms with van der Waals surface area (Å²) in [5.74, 6) is 2.13. The van der Waals surface area contributed by atoms with Crippen LogP contribution in [-0.4, -0.2) is 55.0 Å². The summed E-state index contributed by atoms with van der Waals surface area (Å²) in [5.41, 5.74) is 12.9. The average molecular weight is 925 g/mol. The monoisotopic (exact) mass is 925 g/mol. The highest BCUT2D eigenvalue weighted by Crippen LogP contribution is 2.44. The van der Waals surface area contributed by atoms with Crippen LogP contribution in [-0.2, 0) is 68.7 Å². The van der Waals surface area contributed by atoms with Crippen LogP contribution in [0.4, 0.5) is 0 Å². The van der Waals surface area contributed by atoms with Gasteiger partial charge in [-0.15, -0.1) is 0 Å². The maximum atomic E-state index is 12.7. The molecule has 7 heteroatoms. The topological polar surface area (TPSA) is 97.6 Å². The number of fused-ring (bicyclic) bond motifs is 4. The van der Waals surface area contributed by atoms with Crippen LogP contribution in [0.25, 0.3) is 0 Å². The van der Waals surface area contributed by atoms with E-state index in [2.05, 4.69) is 165 Å². The van der Waals surface area contributed by atoms with E-state index in [1.165, 1.54) is 0 Å². The SMILES string of the molecule is CC(C)(C)c1cc2c(O)c(c1)Cc1cc(C(C)(C)C)cc3c1OCCOCCOCCOc1c(cc(C(C)(C)C)cc1Cc1cc(C(C)(C)C)cc(c1O)C3)Cc1cc(C(C)(C)C)cc(c1O)C2. The van der Waals surface area contributed by atoms with Gasteiger partial charge in [0.05, 0.1) is 26.4 Å². The summed E-state index contributed by atoms with van der Waals surface area (Å²) in [6.07, 6.45) is 1.97. The Morgan fingerprint density at radius 2 is 0.456 bits per heavy atom. The van der Waals surface area contributed by atoms with Crippen LogP contribution < -0.4 is 9.47 Å². The molecule has 1 aliphatic heterocycles. The number of ether oxygens (including phenoxy) is 4. The van der Waals surface area contributed by atoms with E-state index in [0.29, 0.717) is 71.7 Å². The van der Waals surface area contributed by atoms with Crippen LogP contribution in [0.1, 0.15) is 187 Å². The van der Waals surface area contributed by atoms with Crippen LogP contribution in [0, 0.1) is 0 Å². The first-order valence-corrected chi connectivity index (χ1v) is 24.9. The Morgan fingerprint density at radius 1 is 0.279 bits per heavy atom. The molecule has 5 aromatic carbocycles. The van der Waals surface area contributed by atoms with Crippen molar-refractivity contribution in [3.63, 3.8) is 0 Å². The minimum atomic E-state index is -0.243. The molecule has 0 fully saturated rings. The zero-order chi connectivity index (χ0) is 49.7. The first kappa shape index (κ1) is 50.9. The predicted octanol–water partition coefficient (Wildman–Crippen LogP) is 13.4. The molecule has 2 aliphatic rings. The minimum Gasteiger partial charge on any atom is -0.507 e. The molecule has 0 amide bonds. The van der Waals surface area contributed by atoms with Gasteiger partial charge in [-0.25, -0.2) is 0 Å². The number of aromatic hydroxyl groups is 3. The van der Waals surface area contributed by atoms with Crippen molar-refractivity contribution in [1.29, 1.82) is 0 Å². The largest absolute Gasteiger partial charge is 0.507 e. The van der Waals surface area contributed by atoms with Crippen molar-refractivity contribution in [2.24, 2.45) is 0 Å². The van der Waals surface area contributed by atoms with Crippen molar-refractivity contribution in [2.45, 2.75) is 163 Å². The molecule has 1 aliphatic carbocycles. The quantitative estimate of drug-likeness (QED) is 0.140. The first-order chi connectivity index (χ1) is 31.6. The Morgan fingerprint density at radius 3 is 0.662 bits per heavy atom. The first-order valence-electron chi connectivity index (χ1n) is 24.9. The van der Waals surface area contributed by atoms with Gasteiger partial charge in [0, 0.05) is 32.1 Å². The van der Waals surface area contributed by atoms with Gasteiger partial charge in [-0.3, -0.25) is 0 Å². The molecule has 0 aromatic heterocycles. The highest BCUT2D eigenvalue weighted by Gasteiger charge is 2.29. The van der Waals surface area contributed by atoms with Crippen molar-refractivity contribution in [2.75, 3.05) is 39.6 Å². The summed E-state index contributed by atoms with van der Waals surface area (Å²) >= 11 is 0. The lowest BCUT2D eigenvalue weighted by atomic mass is 9.79. The van der Waals surface area contributed by atoms with E-state index in [9.17, 15) is 15.3 Å². The van der Waals surface area contributed by atoms with E-state index < -0.39 is 0 Å². The van der Waals surface area contributed by atoms with Gasteiger partial charge in [-0.1, -0.05) is 165 Å². The van der Waals surface area contributed by atoms with Crippen LogP contribution >= 0.6 is 0 Å². The average Bonchev–Trinajstić information content (AvgIpc) is 3.21. The summed E-state index contributed by atoms with van der Waals surface area (Å²) in [6.45, 7) is 35.3. The third-order valence-corrected chi connectivity index (χ3v) is 13.8. The van der Waals surface area contributed by atoms with E-state index in [4.69, 9.17) is 18.9 Å². The lowest BCUT2D eigenvalue weighted by Crippen LogP contribution is -2.17. The van der Waals surface area contributed by atoms with E-state index in [1.54, 1.807) is 0 Å². The molecule has 5 aromatic rings. The van der Waals surface area contributed by atoms with Crippen molar-refractivity contribution in [3.05, 3.63) is 144 Å². The maximum absolute atomic E-state index is 12.7. The fourth-order valence-corrected chi connectivity index (χ4v) is 9.41. The summed E-state index contributed by atoms with van der Waals surface area (Å²) in [7, 11) is 0. The number of hydrogen-bond donors (Lipinski definition) is 3. The van der Waals surface area contributed by atoms with E-state index in [0.717, 1.165) is 95.0 Å². The molecule has 1 heterocycles. The number of hydrogen-bond acceptors (Lipinski definition) is 7. The van der Waals surface area contributed by atoms with Crippen molar-refractivity contribution >= 4 is 0 Å². The van der Waals surface area contributed by atoms with Crippen LogP contribution in [0.2, 0.25) is 0 Å². The molecule has 0 spiro atoms. The summed E-state index contributed by atoms with van der Waals surface area (Å²) < 4.78 is 26.0. The van der Waals surface area contributed by atoms with Gasteiger partial charge < -0.3 is 34.3 Å². The summed E-state index contributed by atoms with van der Waals surface area (Å²) in [5, 5.41) is 37.9. The molecular formula is C61H80O7. The highest BCUT2D eigenvalue weighted by molar-refractivity contribution is 5.60. The Kier molecular flexibility index (Phi) is 14.3. The molecule has 3 N–H and O–H groups in total. The fourth-order valence-electron chi connectivity index (χ4n) is 9.41. The minimum absolute atomic E-state index is 0.211. The van der Waals surface area contributed by atoms with Crippen molar-refractivity contribution in [3.8, 4) is 28.7 Å². The number of phenolic OH excluding ortho intramolecular Hbond substituents is 3. The summed E-state index contributed by atoms with van der Waals surface area (Å²) in [4.78, 5) is 0. The second-order valence-electron chi connectivity index (χ2n) is 24.7. The summed E-state index contributed by atoms with van der Waals surface area (Å²) in [6, 6.07) is 21.8. The van der Waals surface area contributed by atoms with Crippen molar-refractivity contribution in [1.82, 2.24) is 0 Å². The van der Waals surface area contributed by atoms with Crippen LogP contribution in [0.5, 0.6) is 28.7 Å². The number of benzene rings is 5. The molecular weight excluding hydrogens is 845 g/mol. The van der Waals surface area contributed by atoms with Gasteiger partial charge in [0.15, 0.2) is 0 Å². The fraction of sp³-hybridized carbons (Fsp3) is 0.508. The lowest BCUT2D eigenvalue weighted by molar-refractivity contribution is 0.0270. The molecule has 0 radical (unpaired) electrons. The maximum Gasteiger partial charge on any atom is 0.126 e. The number of phenols is 3. The van der Waals surface area contributed by atoms with Gasteiger partial charge >= 0.3 is 0 Å². The van der Waals surface area contributed by atoms with E-state index in [1.807, 2.05) is 0 Å². The van der Waals surface area contributed by atoms with E-state index in [-0.39, 0.29) is 44.3 Å². The third-order valence-electron chi connectivity index (χ3n) is 13.8. The Labute approximate surface area is 408 Å². The van der Waals surface area contributed by atoms with Gasteiger partial charge in [-0.05, 0) is 111 Å². The molecule has 68 heavy (non-hydrogen) atoms. The van der Waals surface area contributed by atoms with Crippen molar-refractivity contribution < 1.29 is 34.3 Å². The zero-order valence-corrected chi connectivity index (χ0v) is 44.0. The van der Waals surface area contributed by atoms with Gasteiger partial charge in [-0.2, -0.15) is 0 Å². The number of rotatable bonds is 0. The molecule has 0 unspecified atom stereocenters. The second kappa shape index (κ2) is 19.1. The Balaban J connectivity index is 1.64. The lowest BCUT2D eigenvalue weighted by Gasteiger charge is -2.28. The zero-order valence-electron chi connectivity index (χ0n) is 44.0. The molecule has 7 rings (SSSR count). The molecule has 7 nitrogen and oxygen atoms in total. The van der Waals surface area contributed by atoms with Gasteiger partial charge in [0.1, 0.15) is 42.0 Å². The smallest absolute Gasteiger partial charge is 0.126 e. The molecule has 0 atom stereocenters.